The van der Waals surface area contributed by atoms with Crippen molar-refractivity contribution in [2.24, 2.45) is 5.10 Å². The van der Waals surface area contributed by atoms with Crippen LogP contribution in [0.5, 0.6) is 0 Å². The number of hydrogen-bond donors (Lipinski definition) is 2. The number of hydrazone groups is 1. The molecule has 25 heavy (non-hydrogen) atoms. The molecule has 0 bridgehead atoms. The van der Waals surface area contributed by atoms with Crippen molar-refractivity contribution in [2.75, 3.05) is 10.7 Å². The zero-order valence-corrected chi connectivity index (χ0v) is 15.8. The van der Waals surface area contributed by atoms with E-state index in [2.05, 4.69) is 36.8 Å². The number of carbonyl (C=O) groups excluding carboxylic acids is 1. The van der Waals surface area contributed by atoms with E-state index in [-0.39, 0.29) is 5.91 Å². The van der Waals surface area contributed by atoms with Crippen molar-refractivity contribution in [3.8, 4) is 11.3 Å². The van der Waals surface area contributed by atoms with Gasteiger partial charge in [0.05, 0.1) is 11.9 Å². The van der Waals surface area contributed by atoms with Gasteiger partial charge in [0.15, 0.2) is 0 Å². The second kappa shape index (κ2) is 8.04. The van der Waals surface area contributed by atoms with Gasteiger partial charge < -0.3 is 5.32 Å². The molecule has 0 aliphatic carbocycles. The van der Waals surface area contributed by atoms with Crippen LogP contribution in [0.1, 0.15) is 12.5 Å². The first-order valence-electron chi connectivity index (χ1n) is 7.49. The zero-order chi connectivity index (χ0) is 17.6. The number of carbonyl (C=O) groups is 1. The summed E-state index contributed by atoms with van der Waals surface area (Å²) in [7, 11) is 0. The third-order valence-corrected chi connectivity index (χ3v) is 4.74. The minimum absolute atomic E-state index is 0.0872. The number of hydrogen-bond acceptors (Lipinski definition) is 5. The molecule has 0 unspecified atom stereocenters. The summed E-state index contributed by atoms with van der Waals surface area (Å²) in [4.78, 5) is 15.6. The summed E-state index contributed by atoms with van der Waals surface area (Å²) >= 11 is 4.96. The van der Waals surface area contributed by atoms with Gasteiger partial charge in [0.1, 0.15) is 0 Å². The van der Waals surface area contributed by atoms with Crippen molar-refractivity contribution in [3.63, 3.8) is 0 Å². The van der Waals surface area contributed by atoms with E-state index in [0.717, 1.165) is 27.0 Å². The number of rotatable bonds is 5. The summed E-state index contributed by atoms with van der Waals surface area (Å²) in [5, 5.41) is 9.64. The van der Waals surface area contributed by atoms with Crippen LogP contribution in [0.25, 0.3) is 11.3 Å². The average molecular weight is 415 g/mol. The highest BCUT2D eigenvalue weighted by Gasteiger charge is 2.04. The van der Waals surface area contributed by atoms with Crippen LogP contribution in [-0.4, -0.2) is 17.1 Å². The monoisotopic (exact) mass is 414 g/mol. The Bertz CT molecular complexity index is 905. The molecule has 1 heterocycles. The van der Waals surface area contributed by atoms with Crippen LogP contribution in [0.15, 0.2) is 63.5 Å². The highest BCUT2D eigenvalue weighted by atomic mass is 79.9. The fourth-order valence-electron chi connectivity index (χ4n) is 2.12. The standard InChI is InChI=1S/C18H15BrN4OS/c1-12(24)21-15-8-6-13(7-9-15)17-11-25-18(22-17)23-20-10-14-4-2-3-5-16(14)19/h2-11H,1H3,(H,21,24)(H,22,23)/b20-10-. The summed E-state index contributed by atoms with van der Waals surface area (Å²) in [6.07, 6.45) is 1.74. The summed E-state index contributed by atoms with van der Waals surface area (Å²) < 4.78 is 0.986. The second-order valence-electron chi connectivity index (χ2n) is 5.19. The summed E-state index contributed by atoms with van der Waals surface area (Å²) in [6.45, 7) is 1.49. The fourth-order valence-corrected chi connectivity index (χ4v) is 3.18. The summed E-state index contributed by atoms with van der Waals surface area (Å²) in [5.41, 5.74) is 6.54. The van der Waals surface area contributed by atoms with E-state index in [0.29, 0.717) is 5.13 Å². The molecule has 0 aliphatic rings. The average Bonchev–Trinajstić information content (AvgIpc) is 3.06. The van der Waals surface area contributed by atoms with E-state index in [9.17, 15) is 4.79 Å². The Labute approximate surface area is 157 Å². The number of amides is 1. The smallest absolute Gasteiger partial charge is 0.221 e. The lowest BCUT2D eigenvalue weighted by molar-refractivity contribution is -0.114. The predicted molar refractivity (Wildman–Crippen MR) is 107 cm³/mol. The molecule has 0 fully saturated rings. The normalized spacial score (nSPS) is 10.8. The van der Waals surface area contributed by atoms with Gasteiger partial charge in [-0.3, -0.25) is 10.2 Å². The van der Waals surface area contributed by atoms with E-state index in [1.54, 1.807) is 6.21 Å². The molecule has 0 saturated carbocycles. The van der Waals surface area contributed by atoms with Crippen molar-refractivity contribution in [3.05, 3.63) is 63.9 Å². The van der Waals surface area contributed by atoms with E-state index >= 15 is 0 Å². The van der Waals surface area contributed by atoms with Crippen molar-refractivity contribution in [2.45, 2.75) is 6.92 Å². The second-order valence-corrected chi connectivity index (χ2v) is 6.90. The Kier molecular flexibility index (Phi) is 5.57. The predicted octanol–water partition coefficient (Wildman–Crippen LogP) is 4.98. The van der Waals surface area contributed by atoms with Gasteiger partial charge >= 0.3 is 0 Å². The van der Waals surface area contributed by atoms with Gasteiger partial charge in [-0.15, -0.1) is 11.3 Å². The van der Waals surface area contributed by atoms with Crippen LogP contribution in [0, 0.1) is 0 Å². The molecule has 3 aromatic rings. The molecular formula is C18H15BrN4OS. The quantitative estimate of drug-likeness (QED) is 0.457. The molecule has 0 atom stereocenters. The van der Waals surface area contributed by atoms with Gasteiger partial charge in [-0.1, -0.05) is 46.3 Å². The number of aromatic nitrogens is 1. The maximum atomic E-state index is 11.0. The first-order chi connectivity index (χ1) is 12.1. The molecule has 0 saturated heterocycles. The van der Waals surface area contributed by atoms with Crippen LogP contribution in [0.3, 0.4) is 0 Å². The van der Waals surface area contributed by atoms with Crippen LogP contribution < -0.4 is 10.7 Å². The van der Waals surface area contributed by atoms with Crippen molar-refractivity contribution < 1.29 is 4.79 Å². The number of thiazole rings is 1. The Morgan fingerprint density at radius 2 is 1.96 bits per heavy atom. The van der Waals surface area contributed by atoms with Crippen molar-refractivity contribution in [1.29, 1.82) is 0 Å². The number of nitrogens with one attached hydrogen (secondary N) is 2. The molecule has 7 heteroatoms. The third kappa shape index (κ3) is 4.74. The molecule has 3 rings (SSSR count). The molecule has 0 radical (unpaired) electrons. The highest BCUT2D eigenvalue weighted by molar-refractivity contribution is 9.10. The minimum Gasteiger partial charge on any atom is -0.326 e. The van der Waals surface area contributed by atoms with E-state index in [1.807, 2.05) is 53.9 Å². The van der Waals surface area contributed by atoms with Gasteiger partial charge in [-0.05, 0) is 18.2 Å². The molecular weight excluding hydrogens is 400 g/mol. The molecule has 2 N–H and O–H groups in total. The van der Waals surface area contributed by atoms with Crippen LogP contribution in [0.2, 0.25) is 0 Å². The lowest BCUT2D eigenvalue weighted by Crippen LogP contribution is -2.05. The van der Waals surface area contributed by atoms with Gasteiger partial charge in [0.2, 0.25) is 11.0 Å². The molecule has 0 spiro atoms. The first kappa shape index (κ1) is 17.3. The third-order valence-electron chi connectivity index (χ3n) is 3.27. The molecule has 5 nitrogen and oxygen atoms in total. The lowest BCUT2D eigenvalue weighted by atomic mass is 10.1. The van der Waals surface area contributed by atoms with Crippen LogP contribution in [0.4, 0.5) is 10.8 Å². The van der Waals surface area contributed by atoms with E-state index in [1.165, 1.54) is 18.3 Å². The zero-order valence-electron chi connectivity index (χ0n) is 13.4. The van der Waals surface area contributed by atoms with Gasteiger partial charge in [-0.2, -0.15) is 5.10 Å². The Morgan fingerprint density at radius 3 is 2.68 bits per heavy atom. The van der Waals surface area contributed by atoms with Gasteiger partial charge in [0, 0.05) is 33.6 Å². The topological polar surface area (TPSA) is 66.4 Å². The SMILES string of the molecule is CC(=O)Nc1ccc(-c2csc(N/N=C\c3ccccc3Br)n2)cc1. The van der Waals surface area contributed by atoms with Crippen LogP contribution in [-0.2, 0) is 4.79 Å². The Hall–Kier alpha value is -2.51. The largest absolute Gasteiger partial charge is 0.326 e. The first-order valence-corrected chi connectivity index (χ1v) is 9.16. The van der Waals surface area contributed by atoms with Gasteiger partial charge in [0.25, 0.3) is 0 Å². The maximum Gasteiger partial charge on any atom is 0.221 e. The Balaban J connectivity index is 1.66. The van der Waals surface area contributed by atoms with Crippen molar-refractivity contribution >= 4 is 50.2 Å². The molecule has 1 amide bonds. The number of anilines is 2. The molecule has 1 aromatic heterocycles. The van der Waals surface area contributed by atoms with E-state index in [4.69, 9.17) is 0 Å². The molecule has 126 valence electrons. The minimum atomic E-state index is -0.0872. The Morgan fingerprint density at radius 1 is 1.20 bits per heavy atom. The molecule has 0 aliphatic heterocycles. The van der Waals surface area contributed by atoms with Crippen LogP contribution >= 0.6 is 27.3 Å². The maximum absolute atomic E-state index is 11.0. The summed E-state index contributed by atoms with van der Waals surface area (Å²) in [6, 6.07) is 15.4. The number of halogens is 1. The fraction of sp³-hybridized carbons (Fsp3) is 0.0556. The number of nitrogens with zero attached hydrogens (tertiary/aromatic N) is 2. The highest BCUT2D eigenvalue weighted by Crippen LogP contribution is 2.26. The summed E-state index contributed by atoms with van der Waals surface area (Å²) in [5.74, 6) is -0.0872. The van der Waals surface area contributed by atoms with Gasteiger partial charge in [-0.25, -0.2) is 4.98 Å². The lowest BCUT2D eigenvalue weighted by Gasteiger charge is -2.02. The number of benzene rings is 2. The van der Waals surface area contributed by atoms with Crippen molar-refractivity contribution in [1.82, 2.24) is 4.98 Å². The van der Waals surface area contributed by atoms with E-state index < -0.39 is 0 Å². The molecule has 2 aromatic carbocycles.